The van der Waals surface area contributed by atoms with Crippen LogP contribution in [0.1, 0.15) is 44.2 Å². The summed E-state index contributed by atoms with van der Waals surface area (Å²) in [5.41, 5.74) is 3.31. The third-order valence-electron chi connectivity index (χ3n) is 6.75. The fraction of sp³-hybridized carbons (Fsp3) is 0.296. The molecule has 0 radical (unpaired) electrons. The smallest absolute Gasteiger partial charge is 0.227 e. The molecule has 1 aliphatic rings. The van der Waals surface area contributed by atoms with Crippen molar-refractivity contribution in [3.05, 3.63) is 78.3 Å². The van der Waals surface area contributed by atoms with E-state index in [9.17, 15) is 13.9 Å². The standard InChI is InChI=1S/C27H27F2N5O/c1-17-21(29)4-3-5-22(17)32-26-30-15-12-23(33-26)25-24(18-6-8-19(28)9-7-18)31-16-34(25)20-10-13-27(2,35)14-11-20/h3-9,12,15-16,20,35H,10-11,13-14H2,1-2H3,(H,30,32,33)/t20-,27-. The van der Waals surface area contributed by atoms with Gasteiger partial charge in [-0.05, 0) is 82.0 Å². The molecule has 1 fully saturated rings. The van der Waals surface area contributed by atoms with Crippen LogP contribution in [0, 0.1) is 18.6 Å². The van der Waals surface area contributed by atoms with Gasteiger partial charge in [0, 0.05) is 29.1 Å². The van der Waals surface area contributed by atoms with Crippen LogP contribution >= 0.6 is 0 Å². The van der Waals surface area contributed by atoms with Crippen LogP contribution in [0.4, 0.5) is 20.4 Å². The molecule has 4 aromatic rings. The summed E-state index contributed by atoms with van der Waals surface area (Å²) in [6.07, 6.45) is 6.43. The predicted molar refractivity (Wildman–Crippen MR) is 131 cm³/mol. The minimum Gasteiger partial charge on any atom is -0.390 e. The third kappa shape index (κ3) is 4.79. The molecule has 0 unspecified atom stereocenters. The molecular weight excluding hydrogens is 448 g/mol. The van der Waals surface area contributed by atoms with Gasteiger partial charge in [-0.3, -0.25) is 0 Å². The second-order valence-corrected chi connectivity index (χ2v) is 9.39. The van der Waals surface area contributed by atoms with Crippen LogP contribution in [0.2, 0.25) is 0 Å². The van der Waals surface area contributed by atoms with Crippen molar-refractivity contribution in [1.82, 2.24) is 19.5 Å². The van der Waals surface area contributed by atoms with Gasteiger partial charge in [0.15, 0.2) is 0 Å². The average molecular weight is 476 g/mol. The maximum atomic E-state index is 14.0. The highest BCUT2D eigenvalue weighted by Gasteiger charge is 2.31. The molecule has 0 saturated heterocycles. The Labute approximate surface area is 202 Å². The number of imidazole rings is 1. The Balaban J connectivity index is 1.57. The van der Waals surface area contributed by atoms with Crippen LogP contribution in [0.5, 0.6) is 0 Å². The highest BCUT2D eigenvalue weighted by atomic mass is 19.1. The zero-order valence-corrected chi connectivity index (χ0v) is 19.7. The number of anilines is 2. The van der Waals surface area contributed by atoms with E-state index < -0.39 is 5.60 Å². The molecule has 2 N–H and O–H groups in total. The lowest BCUT2D eigenvalue weighted by atomic mass is 9.83. The van der Waals surface area contributed by atoms with Crippen molar-refractivity contribution in [3.8, 4) is 22.6 Å². The molecule has 2 aromatic carbocycles. The predicted octanol–water partition coefficient (Wildman–Crippen LogP) is 6.20. The van der Waals surface area contributed by atoms with E-state index in [0.717, 1.165) is 24.1 Å². The first-order valence-electron chi connectivity index (χ1n) is 11.7. The summed E-state index contributed by atoms with van der Waals surface area (Å²) in [5, 5.41) is 13.6. The zero-order chi connectivity index (χ0) is 24.6. The van der Waals surface area contributed by atoms with E-state index in [1.165, 1.54) is 18.2 Å². The van der Waals surface area contributed by atoms with Crippen molar-refractivity contribution in [2.45, 2.75) is 51.2 Å². The minimum atomic E-state index is -0.661. The molecule has 0 aliphatic heterocycles. The number of aliphatic hydroxyl groups is 1. The van der Waals surface area contributed by atoms with Crippen LogP contribution < -0.4 is 5.32 Å². The summed E-state index contributed by atoms with van der Waals surface area (Å²) in [7, 11) is 0. The van der Waals surface area contributed by atoms with Gasteiger partial charge >= 0.3 is 0 Å². The highest BCUT2D eigenvalue weighted by Crippen LogP contribution is 2.40. The summed E-state index contributed by atoms with van der Waals surface area (Å²) in [6, 6.07) is 13.0. The van der Waals surface area contributed by atoms with E-state index in [4.69, 9.17) is 9.97 Å². The summed E-state index contributed by atoms with van der Waals surface area (Å²) in [5.74, 6) is -0.292. The van der Waals surface area contributed by atoms with Crippen molar-refractivity contribution in [3.63, 3.8) is 0 Å². The van der Waals surface area contributed by atoms with Gasteiger partial charge < -0.3 is 15.0 Å². The van der Waals surface area contributed by atoms with Crippen LogP contribution in [0.15, 0.2) is 61.1 Å². The minimum absolute atomic E-state index is 0.142. The molecular formula is C27H27F2N5O. The van der Waals surface area contributed by atoms with Crippen LogP contribution in [-0.2, 0) is 0 Å². The lowest BCUT2D eigenvalue weighted by molar-refractivity contribution is 0.0101. The van der Waals surface area contributed by atoms with Gasteiger partial charge in [-0.25, -0.2) is 23.7 Å². The average Bonchev–Trinajstić information content (AvgIpc) is 3.28. The van der Waals surface area contributed by atoms with Crippen molar-refractivity contribution in [1.29, 1.82) is 0 Å². The second kappa shape index (κ2) is 9.19. The van der Waals surface area contributed by atoms with E-state index in [0.29, 0.717) is 41.4 Å². The molecule has 8 heteroatoms. The van der Waals surface area contributed by atoms with E-state index in [2.05, 4.69) is 14.9 Å². The van der Waals surface area contributed by atoms with E-state index >= 15 is 0 Å². The molecule has 0 amide bonds. The number of halogens is 2. The maximum absolute atomic E-state index is 14.0. The van der Waals surface area contributed by atoms with Crippen molar-refractivity contribution < 1.29 is 13.9 Å². The van der Waals surface area contributed by atoms with Crippen molar-refractivity contribution >= 4 is 11.6 Å². The molecule has 2 heterocycles. The largest absolute Gasteiger partial charge is 0.390 e. The van der Waals surface area contributed by atoms with Gasteiger partial charge in [0.1, 0.15) is 11.6 Å². The second-order valence-electron chi connectivity index (χ2n) is 9.39. The van der Waals surface area contributed by atoms with Crippen LogP contribution in [0.3, 0.4) is 0 Å². The number of nitrogens with one attached hydrogen (secondary N) is 1. The summed E-state index contributed by atoms with van der Waals surface area (Å²) in [6.45, 7) is 3.57. The molecule has 2 aromatic heterocycles. The quantitative estimate of drug-likeness (QED) is 0.359. The molecule has 1 saturated carbocycles. The monoisotopic (exact) mass is 475 g/mol. The van der Waals surface area contributed by atoms with Gasteiger partial charge in [0.2, 0.25) is 5.95 Å². The first kappa shape index (κ1) is 23.1. The van der Waals surface area contributed by atoms with Crippen molar-refractivity contribution in [2.75, 3.05) is 5.32 Å². The Kier molecular flexibility index (Phi) is 6.06. The first-order valence-corrected chi connectivity index (χ1v) is 11.7. The number of hydrogen-bond donors (Lipinski definition) is 2. The molecule has 0 bridgehead atoms. The van der Waals surface area contributed by atoms with E-state index in [1.807, 2.05) is 13.0 Å². The fourth-order valence-corrected chi connectivity index (χ4v) is 4.63. The number of hydrogen-bond acceptors (Lipinski definition) is 5. The summed E-state index contributed by atoms with van der Waals surface area (Å²) < 4.78 is 29.7. The lowest BCUT2D eigenvalue weighted by Crippen LogP contribution is -2.31. The Morgan fingerprint density at radius 2 is 1.77 bits per heavy atom. The van der Waals surface area contributed by atoms with Gasteiger partial charge in [-0.2, -0.15) is 0 Å². The van der Waals surface area contributed by atoms with Gasteiger partial charge in [0.05, 0.1) is 29.0 Å². The first-order chi connectivity index (χ1) is 16.8. The molecule has 6 nitrogen and oxygen atoms in total. The Hall–Kier alpha value is -3.65. The SMILES string of the molecule is Cc1c(F)cccc1Nc1nccc(-c2c(-c3ccc(F)cc3)ncn2[C@H]2CC[C@](C)(O)CC2)n1. The molecule has 0 spiro atoms. The van der Waals surface area contributed by atoms with Gasteiger partial charge in [-0.15, -0.1) is 0 Å². The van der Waals surface area contributed by atoms with Crippen LogP contribution in [0.25, 0.3) is 22.6 Å². The van der Waals surface area contributed by atoms with E-state index in [-0.39, 0.29) is 17.7 Å². The molecule has 180 valence electrons. The number of nitrogens with zero attached hydrogens (tertiary/aromatic N) is 4. The normalized spacial score (nSPS) is 20.1. The molecule has 0 atom stereocenters. The van der Waals surface area contributed by atoms with Crippen molar-refractivity contribution in [2.24, 2.45) is 0 Å². The molecule has 5 rings (SSSR count). The van der Waals surface area contributed by atoms with E-state index in [1.54, 1.807) is 43.7 Å². The maximum Gasteiger partial charge on any atom is 0.227 e. The third-order valence-corrected chi connectivity index (χ3v) is 6.75. The lowest BCUT2D eigenvalue weighted by Gasteiger charge is -2.34. The summed E-state index contributed by atoms with van der Waals surface area (Å²) in [4.78, 5) is 13.8. The highest BCUT2D eigenvalue weighted by molar-refractivity contribution is 5.77. The molecule has 35 heavy (non-hydrogen) atoms. The van der Waals surface area contributed by atoms with Gasteiger partial charge in [-0.1, -0.05) is 6.07 Å². The number of benzene rings is 2. The summed E-state index contributed by atoms with van der Waals surface area (Å²) >= 11 is 0. The Morgan fingerprint density at radius 3 is 2.51 bits per heavy atom. The van der Waals surface area contributed by atoms with Crippen LogP contribution in [-0.4, -0.2) is 30.2 Å². The molecule has 1 aliphatic carbocycles. The van der Waals surface area contributed by atoms with Gasteiger partial charge in [0.25, 0.3) is 0 Å². The topological polar surface area (TPSA) is 75.9 Å². The number of rotatable bonds is 5. The fourth-order valence-electron chi connectivity index (χ4n) is 4.63. The number of aromatic nitrogens is 4. The zero-order valence-electron chi connectivity index (χ0n) is 19.7. The Morgan fingerprint density at radius 1 is 1.03 bits per heavy atom. The Bertz CT molecular complexity index is 1340.